The number of halogens is 5. The SMILES string of the molecule is CC(C)(C)OC(=O)NCC(c1cc(C2(C)CC(OCc3ccccc3)C2)cc(-c2ccc(F)c(Cl)c2)n1)C(F)(F)F. The topological polar surface area (TPSA) is 60.5 Å². The average Bonchev–Trinajstić information content (AvgIpc) is 2.86. The molecule has 10 heteroatoms. The van der Waals surface area contributed by atoms with E-state index in [1.165, 1.54) is 18.2 Å². The highest BCUT2D eigenvalue weighted by atomic mass is 35.5. The third-order valence-electron chi connectivity index (χ3n) is 7.04. The maximum absolute atomic E-state index is 14.4. The van der Waals surface area contributed by atoms with Gasteiger partial charge in [-0.2, -0.15) is 13.2 Å². The second-order valence-electron chi connectivity index (χ2n) is 11.7. The molecule has 1 amide bonds. The first-order valence-corrected chi connectivity index (χ1v) is 13.7. The van der Waals surface area contributed by atoms with Gasteiger partial charge in [-0.15, -0.1) is 0 Å². The Bertz CT molecular complexity index is 1370. The molecule has 1 aliphatic carbocycles. The lowest BCUT2D eigenvalue weighted by atomic mass is 9.64. The first kappa shape index (κ1) is 30.8. The number of rotatable bonds is 8. The third kappa shape index (κ3) is 7.98. The second kappa shape index (κ2) is 12.0. The van der Waals surface area contributed by atoms with Crippen molar-refractivity contribution in [1.29, 1.82) is 0 Å². The molecule has 4 rings (SSSR count). The first-order valence-electron chi connectivity index (χ1n) is 13.3. The number of amides is 1. The number of ether oxygens (including phenoxy) is 2. The van der Waals surface area contributed by atoms with E-state index in [0.29, 0.717) is 30.6 Å². The lowest BCUT2D eigenvalue weighted by Gasteiger charge is -2.45. The summed E-state index contributed by atoms with van der Waals surface area (Å²) < 4.78 is 68.2. The maximum atomic E-state index is 14.4. The minimum absolute atomic E-state index is 0.0622. The van der Waals surface area contributed by atoms with E-state index >= 15 is 0 Å². The Morgan fingerprint density at radius 1 is 1.10 bits per heavy atom. The van der Waals surface area contributed by atoms with Crippen LogP contribution in [0.5, 0.6) is 0 Å². The van der Waals surface area contributed by atoms with Crippen LogP contribution in [0.3, 0.4) is 0 Å². The molecule has 1 heterocycles. The Morgan fingerprint density at radius 2 is 1.78 bits per heavy atom. The number of nitrogens with one attached hydrogen (secondary N) is 1. The number of alkyl carbamates (subject to hydrolysis) is 1. The number of carbonyl (C=O) groups excluding carboxylic acids is 1. The smallest absolute Gasteiger partial charge is 0.407 e. The minimum atomic E-state index is -4.72. The molecule has 0 spiro atoms. The summed E-state index contributed by atoms with van der Waals surface area (Å²) in [6.45, 7) is 6.50. The predicted molar refractivity (Wildman–Crippen MR) is 149 cm³/mol. The van der Waals surface area contributed by atoms with E-state index in [1.807, 2.05) is 37.3 Å². The van der Waals surface area contributed by atoms with Gasteiger partial charge in [-0.25, -0.2) is 9.18 Å². The summed E-state index contributed by atoms with van der Waals surface area (Å²) in [5, 5.41) is 2.07. The van der Waals surface area contributed by atoms with Gasteiger partial charge in [0.1, 0.15) is 17.3 Å². The molecule has 1 atom stereocenters. The van der Waals surface area contributed by atoms with Gasteiger partial charge in [0.2, 0.25) is 0 Å². The molecular formula is C31H33ClF4N2O3. The Labute approximate surface area is 242 Å². The molecule has 1 fully saturated rings. The van der Waals surface area contributed by atoms with E-state index < -0.39 is 41.6 Å². The van der Waals surface area contributed by atoms with Crippen molar-refractivity contribution in [2.24, 2.45) is 0 Å². The molecule has 1 unspecified atom stereocenters. The van der Waals surface area contributed by atoms with Gasteiger partial charge in [-0.3, -0.25) is 4.98 Å². The Hall–Kier alpha value is -3.17. The highest BCUT2D eigenvalue weighted by Crippen LogP contribution is 2.47. The van der Waals surface area contributed by atoms with Crippen molar-refractivity contribution >= 4 is 17.7 Å². The summed E-state index contributed by atoms with van der Waals surface area (Å²) in [6, 6.07) is 16.8. The van der Waals surface area contributed by atoms with E-state index in [2.05, 4.69) is 10.3 Å². The zero-order valence-electron chi connectivity index (χ0n) is 23.3. The standard InChI is InChI=1S/C31H33ClF4N2O3/c1-29(2,3)41-28(39)37-17-23(31(34,35)36)27-14-21(13-26(38-27)20-10-11-25(33)24(32)12-20)30(4)15-22(16-30)40-18-19-8-6-5-7-9-19/h5-14,22-23H,15-18H2,1-4H3,(H,37,39). The second-order valence-corrected chi connectivity index (χ2v) is 12.1. The predicted octanol–water partition coefficient (Wildman–Crippen LogP) is 8.35. The molecule has 41 heavy (non-hydrogen) atoms. The van der Waals surface area contributed by atoms with Crippen LogP contribution >= 0.6 is 11.6 Å². The average molecular weight is 593 g/mol. The van der Waals surface area contributed by atoms with E-state index in [0.717, 1.165) is 11.6 Å². The van der Waals surface area contributed by atoms with Gasteiger partial charge in [-0.05, 0) is 80.5 Å². The lowest BCUT2D eigenvalue weighted by Crippen LogP contribution is -2.44. The van der Waals surface area contributed by atoms with E-state index in [9.17, 15) is 22.4 Å². The molecule has 0 radical (unpaired) electrons. The molecule has 0 aliphatic heterocycles. The van der Waals surface area contributed by atoms with Crippen molar-refractivity contribution in [3.63, 3.8) is 0 Å². The van der Waals surface area contributed by atoms with Gasteiger partial charge < -0.3 is 14.8 Å². The highest BCUT2D eigenvalue weighted by Gasteiger charge is 2.46. The summed E-state index contributed by atoms with van der Waals surface area (Å²) in [7, 11) is 0. The van der Waals surface area contributed by atoms with Crippen molar-refractivity contribution in [2.45, 2.75) is 76.4 Å². The Kier molecular flexibility index (Phi) is 8.99. The van der Waals surface area contributed by atoms with E-state index in [4.69, 9.17) is 21.1 Å². The molecule has 220 valence electrons. The van der Waals surface area contributed by atoms with Gasteiger partial charge in [0.25, 0.3) is 0 Å². The third-order valence-corrected chi connectivity index (χ3v) is 7.33. The quantitative estimate of drug-likeness (QED) is 0.267. The number of hydrogen-bond donors (Lipinski definition) is 1. The maximum Gasteiger partial charge on any atom is 0.407 e. The molecule has 0 saturated heterocycles. The van der Waals surface area contributed by atoms with Gasteiger partial charge in [-0.1, -0.05) is 48.9 Å². The van der Waals surface area contributed by atoms with Crippen molar-refractivity contribution in [3.05, 3.63) is 88.3 Å². The van der Waals surface area contributed by atoms with Crippen LogP contribution in [0.2, 0.25) is 5.02 Å². The molecule has 1 aromatic heterocycles. The van der Waals surface area contributed by atoms with Crippen molar-refractivity contribution in [1.82, 2.24) is 10.3 Å². The van der Waals surface area contributed by atoms with Gasteiger partial charge in [0, 0.05) is 12.1 Å². The fourth-order valence-electron chi connectivity index (χ4n) is 4.86. The zero-order valence-corrected chi connectivity index (χ0v) is 24.1. The van der Waals surface area contributed by atoms with Gasteiger partial charge in [0.05, 0.1) is 29.1 Å². The Morgan fingerprint density at radius 3 is 2.39 bits per heavy atom. The summed E-state index contributed by atoms with van der Waals surface area (Å²) in [5.74, 6) is -2.76. The molecule has 0 bridgehead atoms. The van der Waals surface area contributed by atoms with Crippen LogP contribution in [-0.2, 0) is 21.5 Å². The molecule has 3 aromatic rings. The van der Waals surface area contributed by atoms with Crippen LogP contribution in [0.15, 0.2) is 60.7 Å². The molecule has 1 aliphatic rings. The molecule has 1 N–H and O–H groups in total. The van der Waals surface area contributed by atoms with Crippen molar-refractivity contribution in [3.8, 4) is 11.3 Å². The van der Waals surface area contributed by atoms with Crippen LogP contribution in [0.1, 0.15) is 63.3 Å². The molecule has 5 nitrogen and oxygen atoms in total. The number of aromatic nitrogens is 1. The van der Waals surface area contributed by atoms with Crippen LogP contribution < -0.4 is 5.32 Å². The van der Waals surface area contributed by atoms with E-state index in [-0.39, 0.29) is 22.5 Å². The molecule has 1 saturated carbocycles. The fraction of sp³-hybridized carbons (Fsp3) is 0.419. The summed E-state index contributed by atoms with van der Waals surface area (Å²) >= 11 is 5.99. The molecule has 2 aromatic carbocycles. The largest absolute Gasteiger partial charge is 0.444 e. The van der Waals surface area contributed by atoms with Crippen LogP contribution in [-0.4, -0.2) is 35.5 Å². The number of alkyl halides is 3. The van der Waals surface area contributed by atoms with Crippen molar-refractivity contribution in [2.75, 3.05) is 6.54 Å². The van der Waals surface area contributed by atoms with Crippen LogP contribution in [0.4, 0.5) is 22.4 Å². The van der Waals surface area contributed by atoms with Gasteiger partial charge >= 0.3 is 12.3 Å². The summed E-state index contributed by atoms with van der Waals surface area (Å²) in [5.41, 5.74) is 0.657. The van der Waals surface area contributed by atoms with E-state index in [1.54, 1.807) is 26.8 Å². The van der Waals surface area contributed by atoms with Crippen molar-refractivity contribution < 1.29 is 31.8 Å². The molecular weight excluding hydrogens is 560 g/mol. The number of hydrogen-bond acceptors (Lipinski definition) is 4. The van der Waals surface area contributed by atoms with Crippen LogP contribution in [0, 0.1) is 5.82 Å². The number of carbonyl (C=O) groups is 1. The Balaban J connectivity index is 1.64. The monoisotopic (exact) mass is 592 g/mol. The lowest BCUT2D eigenvalue weighted by molar-refractivity contribution is -0.150. The fourth-order valence-corrected chi connectivity index (χ4v) is 5.04. The normalized spacial score (nSPS) is 19.8. The van der Waals surface area contributed by atoms with Crippen LogP contribution in [0.25, 0.3) is 11.3 Å². The zero-order chi connectivity index (χ0) is 30.0. The number of pyridine rings is 1. The summed E-state index contributed by atoms with van der Waals surface area (Å²) in [6.07, 6.45) is -4.55. The number of benzene rings is 2. The minimum Gasteiger partial charge on any atom is -0.444 e. The highest BCUT2D eigenvalue weighted by molar-refractivity contribution is 6.31. The van der Waals surface area contributed by atoms with Gasteiger partial charge in [0.15, 0.2) is 0 Å². The number of nitrogens with zero attached hydrogens (tertiary/aromatic N) is 1. The summed E-state index contributed by atoms with van der Waals surface area (Å²) in [4.78, 5) is 16.5. The first-order chi connectivity index (χ1) is 19.1.